The maximum atomic E-state index is 17.1. The number of rotatable bonds is 21. The average Bonchev–Trinajstić information content (AvgIpc) is 3.92. The zero-order valence-electron chi connectivity index (χ0n) is 46.8. The van der Waals surface area contributed by atoms with Crippen LogP contribution in [0.25, 0.3) is 43.4 Å². The second kappa shape index (κ2) is 25.6. The largest absolute Gasteiger partial charge is 0.508 e. The molecule has 5 aliphatic rings. The third-order valence-electron chi connectivity index (χ3n) is 17.2. The zero-order chi connectivity index (χ0) is 57.7. The fraction of sp³-hybridized carbons (Fsp3) is 0.484. The van der Waals surface area contributed by atoms with E-state index in [4.69, 9.17) is 16.1 Å². The molecule has 3 aromatic heterocycles. The molecule has 0 aliphatic carbocycles. The van der Waals surface area contributed by atoms with Crippen LogP contribution < -0.4 is 20.3 Å². The Morgan fingerprint density at radius 1 is 0.892 bits per heavy atom. The van der Waals surface area contributed by atoms with Crippen molar-refractivity contribution >= 4 is 63.0 Å². The normalized spacial score (nSPS) is 21.2. The fourth-order valence-corrected chi connectivity index (χ4v) is 13.6. The van der Waals surface area contributed by atoms with E-state index in [1.807, 2.05) is 36.1 Å². The number of thiazole rings is 1. The monoisotopic (exact) mass is 1150 g/mol. The number of aromatic nitrogens is 4. The van der Waals surface area contributed by atoms with E-state index in [0.717, 1.165) is 99.0 Å². The van der Waals surface area contributed by atoms with E-state index in [1.165, 1.54) is 40.5 Å². The Hall–Kier alpha value is -7.38. The van der Waals surface area contributed by atoms with Crippen LogP contribution in [-0.4, -0.2) is 170 Å². The molecule has 4 unspecified atom stereocenters. The Labute approximate surface area is 485 Å². The van der Waals surface area contributed by atoms with Crippen molar-refractivity contribution in [3.63, 3.8) is 0 Å². The van der Waals surface area contributed by atoms with Crippen molar-refractivity contribution in [2.24, 2.45) is 0 Å². The van der Waals surface area contributed by atoms with E-state index < -0.39 is 35.7 Å². The molecule has 4 amide bonds. The van der Waals surface area contributed by atoms with Crippen LogP contribution in [0.4, 0.5) is 14.6 Å². The van der Waals surface area contributed by atoms with Crippen molar-refractivity contribution in [3.05, 3.63) is 88.7 Å². The van der Waals surface area contributed by atoms with Crippen LogP contribution in [0.2, 0.25) is 0 Å². The SMILES string of the molecule is C#Cc1c(F)ccc2cc(O)cc(-c3ncc4c(N5CC6CCC(C5)N6)nc(OC5CCN(CCCCCCCCCC(=O)N6CCN(C(=O)C[C@H](NC(=O)C7C[C@@H](O)CN7C=O)c7ccc(-c8scnc8C)cc7)CC6)C5)nc4c3F)c12. The minimum Gasteiger partial charge on any atom is -0.508 e. The van der Waals surface area contributed by atoms with Gasteiger partial charge in [0.2, 0.25) is 24.1 Å². The molecule has 6 atom stereocenters. The second-order valence-electron chi connectivity index (χ2n) is 22.9. The lowest BCUT2D eigenvalue weighted by Gasteiger charge is -2.35. The lowest BCUT2D eigenvalue weighted by atomic mass is 9.96. The number of carbonyl (C=O) groups is 4. The van der Waals surface area contributed by atoms with Crippen molar-refractivity contribution < 1.29 is 42.9 Å². The number of phenolic OH excluding ortho intramolecular Hbond substituents is 1. The molecule has 5 saturated heterocycles. The van der Waals surface area contributed by atoms with Crippen LogP contribution in [-0.2, 0) is 19.2 Å². The molecule has 3 aromatic carbocycles. The highest BCUT2D eigenvalue weighted by Gasteiger charge is 2.38. The van der Waals surface area contributed by atoms with E-state index >= 15 is 8.78 Å². The van der Waals surface area contributed by atoms with Crippen LogP contribution >= 0.6 is 11.3 Å². The second-order valence-corrected chi connectivity index (χ2v) is 23.7. The van der Waals surface area contributed by atoms with Crippen LogP contribution in [0.1, 0.15) is 106 Å². The van der Waals surface area contributed by atoms with Crippen LogP contribution in [0.5, 0.6) is 11.8 Å². The molecule has 83 heavy (non-hydrogen) atoms. The number of fused-ring (bicyclic) bond motifs is 4. The number of halogens is 2. The standard InChI is InChI=1S/C62H71F2N11O7S/c1-3-47-50(63)19-16-41-27-44(77)28-48(55(41)47)57-56(64)58-49(31-65-57)60(74-32-42-17-18-43(33-74)67-42)70-62(69-58)82-46-20-22-71(35-46)21-10-8-6-4-5-7-9-11-53(79)72-23-25-73(26-24-72)54(80)30-51(68-61(81)52-29-45(78)34-75(52)37-76)39-12-14-40(15-13-39)59-38(2)66-36-83-59/h1,12-16,19,27-28,31,36-37,42-43,45-46,51-52,67,77-78H,4-11,17-18,20-26,29-30,32-35H2,2H3,(H,68,81)/t42?,43?,45-,46?,51+,52?/m1/s1. The topological polar surface area (TPSA) is 210 Å². The summed E-state index contributed by atoms with van der Waals surface area (Å²) < 4.78 is 38.6. The number of β-amino-alcohol motifs (C(OH)–C–C–N with tert-alkyl or cyclic N) is 1. The number of carbonyl (C=O) groups excluding carboxylic acids is 4. The maximum Gasteiger partial charge on any atom is 0.319 e. The van der Waals surface area contributed by atoms with Crippen molar-refractivity contribution in [3.8, 4) is 45.8 Å². The van der Waals surface area contributed by atoms with E-state index in [0.29, 0.717) is 75.2 Å². The molecule has 436 valence electrons. The van der Waals surface area contributed by atoms with Gasteiger partial charge in [-0.15, -0.1) is 17.8 Å². The number of likely N-dealkylation sites (tertiary alicyclic amines) is 2. The number of piperazine rings is 2. The summed E-state index contributed by atoms with van der Waals surface area (Å²) in [4.78, 5) is 81.3. The first kappa shape index (κ1) is 57.4. The number of nitrogens with one attached hydrogen (secondary N) is 2. The number of amides is 4. The van der Waals surface area contributed by atoms with Gasteiger partial charge in [-0.25, -0.2) is 13.8 Å². The third-order valence-corrected chi connectivity index (χ3v) is 18.2. The molecule has 11 rings (SSSR count). The summed E-state index contributed by atoms with van der Waals surface area (Å²) in [6.07, 6.45) is 17.5. The van der Waals surface area contributed by atoms with Crippen molar-refractivity contribution in [2.45, 2.75) is 127 Å². The molecule has 4 N–H and O–H groups in total. The number of hydrogen-bond donors (Lipinski definition) is 4. The minimum absolute atomic E-state index is 0.000809. The molecular weight excluding hydrogens is 1080 g/mol. The predicted molar refractivity (Wildman–Crippen MR) is 312 cm³/mol. The van der Waals surface area contributed by atoms with Crippen molar-refractivity contribution in [1.29, 1.82) is 0 Å². The minimum atomic E-state index is -0.831. The summed E-state index contributed by atoms with van der Waals surface area (Å²) in [5, 5.41) is 28.7. The van der Waals surface area contributed by atoms with E-state index in [2.05, 4.69) is 41.3 Å². The lowest BCUT2D eigenvalue weighted by Crippen LogP contribution is -2.51. The number of nitrogens with zero attached hydrogens (tertiary/aromatic N) is 9. The fourth-order valence-electron chi connectivity index (χ4n) is 12.8. The number of aliphatic hydroxyl groups is 1. The van der Waals surface area contributed by atoms with Gasteiger partial charge in [0.05, 0.1) is 45.6 Å². The first-order valence-corrected chi connectivity index (χ1v) is 30.1. The summed E-state index contributed by atoms with van der Waals surface area (Å²) in [6, 6.07) is 12.4. The average molecular weight is 1150 g/mol. The Balaban J connectivity index is 0.617. The van der Waals surface area contributed by atoms with Gasteiger partial charge in [0, 0.05) is 101 Å². The highest BCUT2D eigenvalue weighted by Crippen LogP contribution is 2.40. The molecule has 21 heteroatoms. The summed E-state index contributed by atoms with van der Waals surface area (Å²) in [5.74, 6) is 0.958. The van der Waals surface area contributed by atoms with Gasteiger partial charge in [-0.2, -0.15) is 9.97 Å². The molecule has 5 aliphatic heterocycles. The highest BCUT2D eigenvalue weighted by molar-refractivity contribution is 7.13. The molecule has 8 heterocycles. The number of aromatic hydroxyl groups is 1. The number of ether oxygens (including phenoxy) is 1. The lowest BCUT2D eigenvalue weighted by molar-refractivity contribution is -0.140. The number of phenols is 1. The smallest absolute Gasteiger partial charge is 0.319 e. The van der Waals surface area contributed by atoms with Crippen molar-refractivity contribution in [1.82, 2.24) is 50.2 Å². The number of aliphatic hydroxyl groups excluding tert-OH is 1. The number of benzene rings is 3. The summed E-state index contributed by atoms with van der Waals surface area (Å²) in [6.45, 7) is 7.55. The van der Waals surface area contributed by atoms with Gasteiger partial charge in [0.1, 0.15) is 40.7 Å². The first-order chi connectivity index (χ1) is 40.3. The van der Waals surface area contributed by atoms with Gasteiger partial charge in [0.25, 0.3) is 0 Å². The number of anilines is 1. The number of unbranched alkanes of at least 4 members (excludes halogenated alkanes) is 6. The molecule has 5 fully saturated rings. The molecule has 0 spiro atoms. The Morgan fingerprint density at radius 3 is 2.33 bits per heavy atom. The van der Waals surface area contributed by atoms with Gasteiger partial charge in [-0.05, 0) is 80.3 Å². The van der Waals surface area contributed by atoms with Gasteiger partial charge in [0.15, 0.2) is 5.82 Å². The quantitative estimate of drug-likeness (QED) is 0.0318. The number of aryl methyl sites for hydroxylation is 1. The van der Waals surface area contributed by atoms with Crippen LogP contribution in [0, 0.1) is 30.9 Å². The highest BCUT2D eigenvalue weighted by atomic mass is 32.1. The molecule has 0 radical (unpaired) electrons. The molecular formula is C62H71F2N11O7S. The number of terminal acetylenes is 1. The van der Waals surface area contributed by atoms with Gasteiger partial charge in [-0.1, -0.05) is 68.4 Å². The van der Waals surface area contributed by atoms with Gasteiger partial charge >= 0.3 is 6.01 Å². The van der Waals surface area contributed by atoms with Gasteiger partial charge < -0.3 is 45.2 Å². The number of hydrogen-bond acceptors (Lipinski definition) is 15. The molecule has 18 nitrogen and oxygen atoms in total. The summed E-state index contributed by atoms with van der Waals surface area (Å²) in [7, 11) is 0. The Kier molecular flexibility index (Phi) is 17.7. The zero-order valence-corrected chi connectivity index (χ0v) is 47.6. The van der Waals surface area contributed by atoms with Crippen LogP contribution in [0.15, 0.2) is 60.2 Å². The van der Waals surface area contributed by atoms with Crippen LogP contribution in [0.3, 0.4) is 0 Å². The van der Waals surface area contributed by atoms with Gasteiger partial charge in [-0.3, -0.25) is 29.1 Å². The Morgan fingerprint density at radius 2 is 1.61 bits per heavy atom. The predicted octanol–water partition coefficient (Wildman–Crippen LogP) is 7.27. The van der Waals surface area contributed by atoms with E-state index in [1.54, 1.807) is 16.6 Å². The first-order valence-electron chi connectivity index (χ1n) is 29.2. The summed E-state index contributed by atoms with van der Waals surface area (Å²) in [5.41, 5.74) is 4.44. The van der Waals surface area contributed by atoms with E-state index in [9.17, 15) is 29.4 Å². The number of pyridine rings is 1. The molecule has 0 saturated carbocycles. The molecule has 2 bridgehead atoms. The maximum absolute atomic E-state index is 17.1. The summed E-state index contributed by atoms with van der Waals surface area (Å²) >= 11 is 1.54. The molecule has 6 aromatic rings. The Bertz CT molecular complexity index is 3400. The van der Waals surface area contributed by atoms with Crippen molar-refractivity contribution in [2.75, 3.05) is 70.3 Å². The third kappa shape index (κ3) is 12.9. The van der Waals surface area contributed by atoms with E-state index in [-0.39, 0.29) is 88.9 Å².